The van der Waals surface area contributed by atoms with Crippen LogP contribution in [0, 0.1) is 0 Å². The largest absolute Gasteiger partial charge is 0.342 e. The minimum atomic E-state index is 0.0947. The summed E-state index contributed by atoms with van der Waals surface area (Å²) in [6.07, 6.45) is 2.03. The standard InChI is InChI=1S/C27H25N5OS/c33-26(32-15-5-6-20(16-32)25-28-21-7-1-2-8-22(21)29-25)19-13-11-18(12-14-19)17-34-27-30-23-9-3-4-10-24(23)31-27/h1-4,7-14,20H,5-6,15-17H2,(H,28,29)(H,30,31). The quantitative estimate of drug-likeness (QED) is 0.323. The normalized spacial score (nSPS) is 16.4. The third kappa shape index (κ3) is 4.19. The summed E-state index contributed by atoms with van der Waals surface area (Å²) in [5, 5.41) is 0.909. The molecule has 6 nitrogen and oxygen atoms in total. The summed E-state index contributed by atoms with van der Waals surface area (Å²) < 4.78 is 0. The van der Waals surface area contributed by atoms with Crippen LogP contribution in [0.25, 0.3) is 22.1 Å². The van der Waals surface area contributed by atoms with E-state index in [1.54, 1.807) is 11.8 Å². The molecular weight excluding hydrogens is 442 g/mol. The lowest BCUT2D eigenvalue weighted by molar-refractivity contribution is 0.0705. The number of fused-ring (bicyclic) bond motifs is 2. The summed E-state index contributed by atoms with van der Waals surface area (Å²) in [5.41, 5.74) is 5.97. The number of imidazole rings is 2. The Morgan fingerprint density at radius 2 is 1.62 bits per heavy atom. The van der Waals surface area contributed by atoms with Gasteiger partial charge in [-0.1, -0.05) is 48.2 Å². The van der Waals surface area contributed by atoms with Crippen molar-refractivity contribution in [3.8, 4) is 0 Å². The first-order valence-corrected chi connectivity index (χ1v) is 12.6. The number of para-hydroxylation sites is 4. The van der Waals surface area contributed by atoms with Gasteiger partial charge in [0.1, 0.15) is 5.82 Å². The lowest BCUT2D eigenvalue weighted by atomic mass is 9.96. The molecule has 7 heteroatoms. The van der Waals surface area contributed by atoms with E-state index in [4.69, 9.17) is 4.98 Å². The first-order chi connectivity index (χ1) is 16.7. The first-order valence-electron chi connectivity index (χ1n) is 11.6. The van der Waals surface area contributed by atoms with Crippen LogP contribution < -0.4 is 0 Å². The number of likely N-dealkylation sites (tertiary alicyclic amines) is 1. The first kappa shape index (κ1) is 21.0. The van der Waals surface area contributed by atoms with Gasteiger partial charge in [0, 0.05) is 30.3 Å². The summed E-state index contributed by atoms with van der Waals surface area (Å²) in [4.78, 5) is 31.4. The molecule has 0 spiro atoms. The molecular formula is C27H25N5OS. The van der Waals surface area contributed by atoms with Crippen molar-refractivity contribution in [1.29, 1.82) is 0 Å². The van der Waals surface area contributed by atoms with Gasteiger partial charge in [-0.15, -0.1) is 0 Å². The van der Waals surface area contributed by atoms with Gasteiger partial charge in [0.05, 0.1) is 22.1 Å². The highest BCUT2D eigenvalue weighted by molar-refractivity contribution is 7.98. The molecule has 1 atom stereocenters. The minimum absolute atomic E-state index is 0.0947. The fourth-order valence-electron chi connectivity index (χ4n) is 4.63. The topological polar surface area (TPSA) is 77.7 Å². The number of nitrogens with one attached hydrogen (secondary N) is 2. The smallest absolute Gasteiger partial charge is 0.253 e. The number of benzene rings is 3. The molecule has 6 rings (SSSR count). The summed E-state index contributed by atoms with van der Waals surface area (Å²) in [6.45, 7) is 1.49. The van der Waals surface area contributed by atoms with Crippen LogP contribution in [0.2, 0.25) is 0 Å². The molecule has 34 heavy (non-hydrogen) atoms. The van der Waals surface area contributed by atoms with E-state index in [0.29, 0.717) is 6.54 Å². The molecule has 2 aromatic heterocycles. The van der Waals surface area contributed by atoms with Gasteiger partial charge in [-0.3, -0.25) is 4.79 Å². The van der Waals surface area contributed by atoms with Crippen molar-refractivity contribution in [2.75, 3.05) is 13.1 Å². The van der Waals surface area contributed by atoms with E-state index in [0.717, 1.165) is 63.8 Å². The van der Waals surface area contributed by atoms with Crippen molar-refractivity contribution in [3.05, 3.63) is 89.7 Å². The Morgan fingerprint density at radius 3 is 2.35 bits per heavy atom. The summed E-state index contributed by atoms with van der Waals surface area (Å²) in [6, 6.07) is 24.1. The number of aromatic amines is 2. The van der Waals surface area contributed by atoms with Crippen molar-refractivity contribution >= 4 is 39.7 Å². The van der Waals surface area contributed by atoms with E-state index < -0.39 is 0 Å². The molecule has 3 aromatic carbocycles. The lowest BCUT2D eigenvalue weighted by Crippen LogP contribution is -2.39. The average molecular weight is 468 g/mol. The number of aromatic nitrogens is 4. The van der Waals surface area contributed by atoms with Crippen LogP contribution in [-0.2, 0) is 5.75 Å². The maximum Gasteiger partial charge on any atom is 0.253 e. The fourth-order valence-corrected chi connectivity index (χ4v) is 5.47. The summed E-state index contributed by atoms with van der Waals surface area (Å²) >= 11 is 1.67. The lowest BCUT2D eigenvalue weighted by Gasteiger charge is -2.32. The van der Waals surface area contributed by atoms with Crippen molar-refractivity contribution in [1.82, 2.24) is 24.8 Å². The predicted molar refractivity (Wildman–Crippen MR) is 136 cm³/mol. The molecule has 0 aliphatic carbocycles. The molecule has 1 unspecified atom stereocenters. The average Bonchev–Trinajstić information content (AvgIpc) is 3.51. The summed E-state index contributed by atoms with van der Waals surface area (Å²) in [7, 11) is 0. The number of nitrogens with zero attached hydrogens (tertiary/aromatic N) is 3. The minimum Gasteiger partial charge on any atom is -0.342 e. The number of amides is 1. The maximum absolute atomic E-state index is 13.2. The number of rotatable bonds is 5. The molecule has 170 valence electrons. The Hall–Kier alpha value is -3.58. The monoisotopic (exact) mass is 467 g/mol. The maximum atomic E-state index is 13.2. The van der Waals surface area contributed by atoms with Gasteiger partial charge in [0.15, 0.2) is 5.16 Å². The van der Waals surface area contributed by atoms with Gasteiger partial charge in [0.25, 0.3) is 5.91 Å². The molecule has 1 saturated heterocycles. The number of H-pyrrole nitrogens is 2. The molecule has 0 radical (unpaired) electrons. The molecule has 1 aliphatic rings. The van der Waals surface area contributed by atoms with E-state index in [-0.39, 0.29) is 11.8 Å². The van der Waals surface area contributed by atoms with Crippen LogP contribution in [-0.4, -0.2) is 43.8 Å². The Morgan fingerprint density at radius 1 is 0.912 bits per heavy atom. The highest BCUT2D eigenvalue weighted by atomic mass is 32.2. The van der Waals surface area contributed by atoms with Crippen molar-refractivity contribution in [3.63, 3.8) is 0 Å². The number of hydrogen-bond acceptors (Lipinski definition) is 4. The van der Waals surface area contributed by atoms with Crippen molar-refractivity contribution in [2.45, 2.75) is 29.7 Å². The molecule has 2 N–H and O–H groups in total. The van der Waals surface area contributed by atoms with Crippen LogP contribution in [0.15, 0.2) is 78.0 Å². The molecule has 1 amide bonds. The van der Waals surface area contributed by atoms with E-state index in [2.05, 4.69) is 15.0 Å². The zero-order valence-electron chi connectivity index (χ0n) is 18.7. The molecule has 0 saturated carbocycles. The molecule has 0 bridgehead atoms. The predicted octanol–water partition coefficient (Wildman–Crippen LogP) is 5.75. The third-order valence-electron chi connectivity index (χ3n) is 6.45. The Balaban J connectivity index is 1.10. The van der Waals surface area contributed by atoms with Crippen LogP contribution in [0.3, 0.4) is 0 Å². The van der Waals surface area contributed by atoms with E-state index in [1.807, 2.05) is 77.7 Å². The number of carbonyl (C=O) groups is 1. The van der Waals surface area contributed by atoms with Gasteiger partial charge in [-0.25, -0.2) is 9.97 Å². The second-order valence-electron chi connectivity index (χ2n) is 8.77. The van der Waals surface area contributed by atoms with Gasteiger partial charge in [-0.05, 0) is 54.8 Å². The van der Waals surface area contributed by atoms with Gasteiger partial charge < -0.3 is 14.9 Å². The fraction of sp³-hybridized carbons (Fsp3) is 0.222. The molecule has 1 fully saturated rings. The Bertz CT molecular complexity index is 1390. The number of piperidine rings is 1. The van der Waals surface area contributed by atoms with Crippen LogP contribution >= 0.6 is 11.8 Å². The Labute approximate surface area is 201 Å². The summed E-state index contributed by atoms with van der Waals surface area (Å²) in [5.74, 6) is 2.12. The number of thioether (sulfide) groups is 1. The molecule has 3 heterocycles. The highest BCUT2D eigenvalue weighted by Crippen LogP contribution is 2.28. The van der Waals surface area contributed by atoms with Crippen molar-refractivity contribution in [2.24, 2.45) is 0 Å². The second-order valence-corrected chi connectivity index (χ2v) is 9.74. The van der Waals surface area contributed by atoms with E-state index in [1.165, 1.54) is 5.56 Å². The Kier molecular flexibility index (Phi) is 5.55. The van der Waals surface area contributed by atoms with Crippen LogP contribution in [0.1, 0.15) is 40.5 Å². The van der Waals surface area contributed by atoms with Crippen molar-refractivity contribution < 1.29 is 4.79 Å². The van der Waals surface area contributed by atoms with Gasteiger partial charge in [0.2, 0.25) is 0 Å². The SMILES string of the molecule is O=C(c1ccc(CSc2nc3ccccc3[nH]2)cc1)N1CCCC(c2nc3ccccc3[nH]2)C1. The van der Waals surface area contributed by atoms with Crippen LogP contribution in [0.5, 0.6) is 0 Å². The molecule has 1 aliphatic heterocycles. The van der Waals surface area contributed by atoms with E-state index >= 15 is 0 Å². The van der Waals surface area contributed by atoms with E-state index in [9.17, 15) is 4.79 Å². The number of carbonyl (C=O) groups excluding carboxylic acids is 1. The van der Waals surface area contributed by atoms with Gasteiger partial charge >= 0.3 is 0 Å². The molecule has 5 aromatic rings. The van der Waals surface area contributed by atoms with Gasteiger partial charge in [-0.2, -0.15) is 0 Å². The zero-order valence-corrected chi connectivity index (χ0v) is 19.5. The zero-order chi connectivity index (χ0) is 22.9. The second kappa shape index (κ2) is 8.99. The highest BCUT2D eigenvalue weighted by Gasteiger charge is 2.27. The van der Waals surface area contributed by atoms with Crippen LogP contribution in [0.4, 0.5) is 0 Å². The third-order valence-corrected chi connectivity index (χ3v) is 7.39. The number of hydrogen-bond donors (Lipinski definition) is 2.